The molecule has 41 heavy (non-hydrogen) atoms. The first-order chi connectivity index (χ1) is 19.3. The van der Waals surface area contributed by atoms with Crippen LogP contribution < -0.4 is 0 Å². The standard InChI is InChI=1S/C22H15N2Se.C13H24O2.Ir/c1-13-11-20-19(23-14(13)2)10-9-18(24-20)15-7-8-17-16-5-3-4-6-21(16)25-22(17)12-15;1-5-10(6-2)12(14)9-13(15)11(7-3)8-4;/h3-11H,1-2H3;9-11,14H,5-8H2,1-4H3;/q-1;;/b;12-9-;. The summed E-state index contributed by atoms with van der Waals surface area (Å²) in [4.78, 5) is 21.2. The van der Waals surface area contributed by atoms with Crippen molar-refractivity contribution in [2.24, 2.45) is 11.8 Å². The van der Waals surface area contributed by atoms with E-state index in [0.717, 1.165) is 53.7 Å². The molecule has 4 nitrogen and oxygen atoms in total. The fraction of sp³-hybridized carbons (Fsp3) is 0.343. The molecule has 3 heterocycles. The van der Waals surface area contributed by atoms with Crippen molar-refractivity contribution in [1.82, 2.24) is 9.97 Å². The third-order valence-electron chi connectivity index (χ3n) is 7.77. The number of ketones is 1. The van der Waals surface area contributed by atoms with Crippen LogP contribution in [0.15, 0.2) is 66.4 Å². The predicted molar refractivity (Wildman–Crippen MR) is 169 cm³/mol. The molecule has 0 spiro atoms. The molecule has 5 aromatic rings. The second-order valence-corrected chi connectivity index (χ2v) is 12.5. The molecule has 5 rings (SSSR count). The van der Waals surface area contributed by atoms with Crippen LogP contribution in [0.5, 0.6) is 0 Å². The fourth-order valence-electron chi connectivity index (χ4n) is 4.98. The van der Waals surface area contributed by atoms with Crippen molar-refractivity contribution < 1.29 is 30.0 Å². The van der Waals surface area contributed by atoms with E-state index in [1.165, 1.54) is 30.9 Å². The molecule has 0 aliphatic carbocycles. The van der Waals surface area contributed by atoms with Crippen LogP contribution in [0.2, 0.25) is 0 Å². The van der Waals surface area contributed by atoms with Crippen LogP contribution in [0, 0.1) is 31.7 Å². The maximum absolute atomic E-state index is 11.7. The molecule has 1 radical (unpaired) electrons. The van der Waals surface area contributed by atoms with Crippen molar-refractivity contribution in [1.29, 1.82) is 0 Å². The summed E-state index contributed by atoms with van der Waals surface area (Å²) in [6, 6.07) is 22.9. The van der Waals surface area contributed by atoms with Crippen molar-refractivity contribution in [3.8, 4) is 11.3 Å². The van der Waals surface area contributed by atoms with E-state index in [2.05, 4.69) is 72.6 Å². The number of hydrogen-bond donors (Lipinski definition) is 1. The summed E-state index contributed by atoms with van der Waals surface area (Å²) in [7, 11) is 0. The van der Waals surface area contributed by atoms with E-state index in [4.69, 9.17) is 4.98 Å². The molecule has 217 valence electrons. The van der Waals surface area contributed by atoms with Gasteiger partial charge in [-0.3, -0.25) is 4.79 Å². The van der Waals surface area contributed by atoms with E-state index in [-0.39, 0.29) is 43.5 Å². The zero-order valence-corrected chi connectivity index (χ0v) is 28.9. The molecule has 0 saturated carbocycles. The number of aryl methyl sites for hydroxylation is 2. The predicted octanol–water partition coefficient (Wildman–Crippen LogP) is 8.94. The Morgan fingerprint density at radius 3 is 2.24 bits per heavy atom. The molecule has 0 bridgehead atoms. The van der Waals surface area contributed by atoms with E-state index in [0.29, 0.717) is 14.5 Å². The van der Waals surface area contributed by atoms with Crippen LogP contribution in [0.25, 0.3) is 41.6 Å². The number of hydrogen-bond acceptors (Lipinski definition) is 4. The average molecular weight is 791 g/mol. The average Bonchev–Trinajstić information content (AvgIpc) is 3.33. The summed E-state index contributed by atoms with van der Waals surface area (Å²) in [5, 5.41) is 12.4. The van der Waals surface area contributed by atoms with Gasteiger partial charge in [0.15, 0.2) is 5.78 Å². The van der Waals surface area contributed by atoms with E-state index in [1.807, 2.05) is 34.6 Å². The van der Waals surface area contributed by atoms with Gasteiger partial charge in [0.05, 0.1) is 5.76 Å². The molecule has 0 aliphatic heterocycles. The summed E-state index contributed by atoms with van der Waals surface area (Å²) in [6.45, 7) is 12.2. The molecule has 2 aromatic carbocycles. The minimum absolute atomic E-state index is 0. The molecule has 0 amide bonds. The number of benzene rings is 2. The second kappa shape index (κ2) is 15.0. The van der Waals surface area contributed by atoms with Crippen molar-refractivity contribution >= 4 is 50.6 Å². The van der Waals surface area contributed by atoms with Gasteiger partial charge in [-0.15, -0.1) is 0 Å². The van der Waals surface area contributed by atoms with Gasteiger partial charge in [0.2, 0.25) is 0 Å². The first-order valence-corrected chi connectivity index (χ1v) is 16.0. The van der Waals surface area contributed by atoms with Crippen molar-refractivity contribution in [2.75, 3.05) is 0 Å². The summed E-state index contributed by atoms with van der Waals surface area (Å²) in [6.07, 6.45) is 4.91. The first-order valence-electron chi connectivity index (χ1n) is 14.3. The van der Waals surface area contributed by atoms with Gasteiger partial charge in [0, 0.05) is 38.0 Å². The minimum atomic E-state index is 0. The Morgan fingerprint density at radius 2 is 1.56 bits per heavy atom. The molecular formula is C35H39IrN2O2Se-. The van der Waals surface area contributed by atoms with Crippen molar-refractivity contribution in [3.05, 3.63) is 83.8 Å². The van der Waals surface area contributed by atoms with Crippen LogP contribution in [-0.4, -0.2) is 35.4 Å². The van der Waals surface area contributed by atoms with Crippen LogP contribution in [0.4, 0.5) is 0 Å². The third-order valence-corrected chi connectivity index (χ3v) is 10.1. The van der Waals surface area contributed by atoms with Crippen molar-refractivity contribution in [3.63, 3.8) is 0 Å². The molecular weight excluding hydrogens is 752 g/mol. The monoisotopic (exact) mass is 792 g/mol. The first kappa shape index (κ1) is 32.9. The summed E-state index contributed by atoms with van der Waals surface area (Å²) in [5.74, 6) is 0.547. The van der Waals surface area contributed by atoms with E-state index in [1.54, 1.807) is 0 Å². The molecule has 1 N–H and O–H groups in total. The van der Waals surface area contributed by atoms with Gasteiger partial charge in [-0.05, 0) is 25.7 Å². The normalized spacial score (nSPS) is 11.7. The summed E-state index contributed by atoms with van der Waals surface area (Å²) in [5.41, 5.74) is 6.16. The van der Waals surface area contributed by atoms with Crippen LogP contribution in [0.1, 0.15) is 64.6 Å². The quantitative estimate of drug-likeness (QED) is 0.0739. The summed E-state index contributed by atoms with van der Waals surface area (Å²) >= 11 is 0.327. The number of pyridine rings is 2. The zero-order valence-electron chi connectivity index (χ0n) is 24.7. The molecule has 0 unspecified atom stereocenters. The smallest absolute Gasteiger partial charge is 0 e. The van der Waals surface area contributed by atoms with Crippen molar-refractivity contribution in [2.45, 2.75) is 67.2 Å². The molecule has 3 aromatic heterocycles. The number of nitrogens with zero attached hydrogens (tertiary/aromatic N) is 2. The number of rotatable bonds is 8. The SMILES string of the molecule is CCC(CC)C(=O)/C=C(\O)C(CC)CC.Cc1cc2nc(-c3[c-]c4[se]c5ccccc5c4cc3)ccc2nc1C.[Ir]. The molecule has 0 aliphatic rings. The topological polar surface area (TPSA) is 63.1 Å². The van der Waals surface area contributed by atoms with Gasteiger partial charge < -0.3 is 5.11 Å². The fourth-order valence-corrected chi connectivity index (χ4v) is 7.29. The van der Waals surface area contributed by atoms with E-state index in [9.17, 15) is 9.90 Å². The number of fused-ring (bicyclic) bond motifs is 4. The van der Waals surface area contributed by atoms with Crippen LogP contribution in [0.3, 0.4) is 0 Å². The Hall–Kier alpha value is -2.62. The Bertz CT molecular complexity index is 1670. The van der Waals surface area contributed by atoms with Gasteiger partial charge >= 0.3 is 152 Å². The molecule has 6 heteroatoms. The van der Waals surface area contributed by atoms with E-state index < -0.39 is 0 Å². The van der Waals surface area contributed by atoms with Gasteiger partial charge in [-0.1, -0.05) is 27.7 Å². The Balaban J connectivity index is 0.000000253. The van der Waals surface area contributed by atoms with Gasteiger partial charge in [0.1, 0.15) is 0 Å². The number of aromatic nitrogens is 2. The Labute approximate surface area is 263 Å². The summed E-state index contributed by atoms with van der Waals surface area (Å²) < 4.78 is 2.77. The third kappa shape index (κ3) is 7.62. The van der Waals surface area contributed by atoms with Crippen LogP contribution in [-0.2, 0) is 24.9 Å². The maximum Gasteiger partial charge on any atom is 0 e. The molecule has 0 atom stereocenters. The number of carbonyl (C=O) groups is 1. The number of aliphatic hydroxyl groups excluding tert-OH is 1. The molecule has 0 saturated heterocycles. The second-order valence-electron chi connectivity index (χ2n) is 10.3. The van der Waals surface area contributed by atoms with Gasteiger partial charge in [0.25, 0.3) is 0 Å². The number of aliphatic hydroxyl groups is 1. The Kier molecular flexibility index (Phi) is 12.1. The van der Waals surface area contributed by atoms with Gasteiger partial charge in [-0.25, -0.2) is 0 Å². The number of carbonyl (C=O) groups excluding carboxylic acids is 1. The number of allylic oxidation sites excluding steroid dienone is 2. The molecule has 0 fully saturated rings. The maximum atomic E-state index is 11.7. The van der Waals surface area contributed by atoms with Gasteiger partial charge in [-0.2, -0.15) is 0 Å². The zero-order chi connectivity index (χ0) is 28.8. The Morgan fingerprint density at radius 1 is 0.878 bits per heavy atom. The van der Waals surface area contributed by atoms with E-state index >= 15 is 0 Å². The minimum Gasteiger partial charge on any atom is 0 e. The van der Waals surface area contributed by atoms with Crippen LogP contribution >= 0.6 is 0 Å². The largest absolute Gasteiger partial charge is 0 e.